The lowest BCUT2D eigenvalue weighted by Gasteiger charge is -2.11. The molecule has 1 amide bonds. The van der Waals surface area contributed by atoms with Crippen molar-refractivity contribution in [1.29, 1.82) is 0 Å². The van der Waals surface area contributed by atoms with Crippen molar-refractivity contribution in [3.8, 4) is 5.75 Å². The fourth-order valence-electron chi connectivity index (χ4n) is 1.80. The van der Waals surface area contributed by atoms with Gasteiger partial charge in [0.1, 0.15) is 5.75 Å². The molecule has 92 valence electrons. The number of thioether (sulfide) groups is 1. The van der Waals surface area contributed by atoms with E-state index in [1.54, 1.807) is 18.2 Å². The predicted octanol–water partition coefficient (Wildman–Crippen LogP) is 2.62. The smallest absolute Gasteiger partial charge is 0.255 e. The number of hydrogen-bond donors (Lipinski definition) is 2. The van der Waals surface area contributed by atoms with Crippen LogP contribution in [0, 0.1) is 3.57 Å². The van der Waals surface area contributed by atoms with Gasteiger partial charge in [0, 0.05) is 15.4 Å². The van der Waals surface area contributed by atoms with Gasteiger partial charge >= 0.3 is 0 Å². The maximum absolute atomic E-state index is 11.9. The average molecular weight is 363 g/mol. The first-order chi connectivity index (χ1) is 8.16. The number of halogens is 1. The predicted molar refractivity (Wildman–Crippen MR) is 78.6 cm³/mol. The van der Waals surface area contributed by atoms with Gasteiger partial charge in [-0.05, 0) is 59.4 Å². The van der Waals surface area contributed by atoms with Crippen molar-refractivity contribution >= 4 is 40.3 Å². The van der Waals surface area contributed by atoms with Gasteiger partial charge < -0.3 is 10.4 Å². The zero-order chi connectivity index (χ0) is 12.3. The minimum atomic E-state index is -0.187. The van der Waals surface area contributed by atoms with Crippen LogP contribution in [0.15, 0.2) is 18.2 Å². The van der Waals surface area contributed by atoms with Gasteiger partial charge in [0.25, 0.3) is 5.91 Å². The zero-order valence-electron chi connectivity index (χ0n) is 9.28. The van der Waals surface area contributed by atoms with Gasteiger partial charge in [-0.2, -0.15) is 11.8 Å². The number of phenols is 1. The van der Waals surface area contributed by atoms with E-state index in [4.69, 9.17) is 0 Å². The first-order valence-electron chi connectivity index (χ1n) is 5.55. The second-order valence-electron chi connectivity index (χ2n) is 4.01. The van der Waals surface area contributed by atoms with Crippen molar-refractivity contribution < 1.29 is 9.90 Å². The van der Waals surface area contributed by atoms with Crippen LogP contribution in [0.4, 0.5) is 0 Å². The Labute approximate surface area is 119 Å². The van der Waals surface area contributed by atoms with E-state index >= 15 is 0 Å². The molecule has 1 saturated heterocycles. The Kier molecular flexibility index (Phi) is 4.55. The molecule has 3 nitrogen and oxygen atoms in total. The molecule has 1 aromatic rings. The molecule has 1 aliphatic rings. The summed E-state index contributed by atoms with van der Waals surface area (Å²) in [5.41, 5.74) is 0.361. The summed E-state index contributed by atoms with van der Waals surface area (Å²) in [4.78, 5) is 11.9. The van der Waals surface area contributed by atoms with Crippen molar-refractivity contribution in [2.75, 3.05) is 12.3 Å². The quantitative estimate of drug-likeness (QED) is 0.812. The molecule has 0 radical (unpaired) electrons. The van der Waals surface area contributed by atoms with Crippen LogP contribution in [0.25, 0.3) is 0 Å². The Hall–Kier alpha value is -0.430. The summed E-state index contributed by atoms with van der Waals surface area (Å²) in [6, 6.07) is 5.04. The summed E-state index contributed by atoms with van der Waals surface area (Å²) in [6.45, 7) is 0.689. The Bertz CT molecular complexity index is 419. The van der Waals surface area contributed by atoms with Crippen molar-refractivity contribution in [3.05, 3.63) is 27.3 Å². The van der Waals surface area contributed by atoms with E-state index in [0.717, 1.165) is 3.57 Å². The van der Waals surface area contributed by atoms with Gasteiger partial charge in [0.2, 0.25) is 0 Å². The molecule has 1 heterocycles. The number of carbonyl (C=O) groups is 1. The van der Waals surface area contributed by atoms with Gasteiger partial charge in [-0.3, -0.25) is 4.79 Å². The van der Waals surface area contributed by atoms with Crippen LogP contribution in [0.1, 0.15) is 23.2 Å². The highest BCUT2D eigenvalue weighted by Gasteiger charge is 2.17. The Balaban J connectivity index is 1.96. The summed E-state index contributed by atoms with van der Waals surface area (Å²) in [5, 5.41) is 13.0. The Morgan fingerprint density at radius 2 is 2.41 bits per heavy atom. The maximum Gasteiger partial charge on any atom is 0.255 e. The molecular weight excluding hydrogens is 349 g/mol. The third-order valence-corrected chi connectivity index (χ3v) is 4.79. The van der Waals surface area contributed by atoms with Gasteiger partial charge in [0.05, 0.1) is 5.56 Å². The third kappa shape index (κ3) is 3.51. The van der Waals surface area contributed by atoms with Gasteiger partial charge in [-0.15, -0.1) is 0 Å². The Morgan fingerprint density at radius 1 is 1.59 bits per heavy atom. The van der Waals surface area contributed by atoms with Crippen LogP contribution >= 0.6 is 34.4 Å². The first-order valence-corrected chi connectivity index (χ1v) is 7.68. The zero-order valence-corrected chi connectivity index (χ0v) is 12.3. The minimum absolute atomic E-state index is 0.0435. The highest BCUT2D eigenvalue weighted by Crippen LogP contribution is 2.25. The number of carbonyl (C=O) groups excluding carboxylic acids is 1. The van der Waals surface area contributed by atoms with Crippen molar-refractivity contribution in [2.24, 2.45) is 0 Å². The molecule has 0 aromatic heterocycles. The van der Waals surface area contributed by atoms with Gasteiger partial charge in [-0.25, -0.2) is 0 Å². The van der Waals surface area contributed by atoms with Crippen LogP contribution in [0.2, 0.25) is 0 Å². The standard InChI is InChI=1S/C12H14INO2S/c13-8-3-4-11(15)10(6-8)12(16)14-7-9-2-1-5-17-9/h3-4,6,9,15H,1-2,5,7H2,(H,14,16). The highest BCUT2D eigenvalue weighted by atomic mass is 127. The number of rotatable bonds is 3. The van der Waals surface area contributed by atoms with E-state index in [0.29, 0.717) is 17.4 Å². The molecule has 1 aromatic carbocycles. The number of aromatic hydroxyl groups is 1. The summed E-state index contributed by atoms with van der Waals surface area (Å²) in [5.74, 6) is 1.05. The minimum Gasteiger partial charge on any atom is -0.507 e. The fraction of sp³-hybridized carbons (Fsp3) is 0.417. The van der Waals surface area contributed by atoms with Gasteiger partial charge in [-0.1, -0.05) is 0 Å². The molecule has 0 spiro atoms. The molecule has 0 bridgehead atoms. The lowest BCUT2D eigenvalue weighted by atomic mass is 10.2. The number of hydrogen-bond acceptors (Lipinski definition) is 3. The highest BCUT2D eigenvalue weighted by molar-refractivity contribution is 14.1. The first kappa shape index (κ1) is 13.0. The van der Waals surface area contributed by atoms with Crippen LogP contribution in [0.3, 0.4) is 0 Å². The SMILES string of the molecule is O=C(NCC1CCCS1)c1cc(I)ccc1O. The molecule has 2 rings (SSSR count). The number of amides is 1. The van der Waals surface area contributed by atoms with Crippen LogP contribution < -0.4 is 5.32 Å². The molecular formula is C12H14INO2S. The van der Waals surface area contributed by atoms with Crippen molar-refractivity contribution in [3.63, 3.8) is 0 Å². The van der Waals surface area contributed by atoms with E-state index in [2.05, 4.69) is 27.9 Å². The fourth-order valence-corrected chi connectivity index (χ4v) is 3.49. The number of nitrogens with one attached hydrogen (secondary N) is 1. The second-order valence-corrected chi connectivity index (χ2v) is 6.66. The number of phenolic OH excluding ortho intramolecular Hbond substituents is 1. The molecule has 0 aliphatic carbocycles. The maximum atomic E-state index is 11.9. The molecule has 1 fully saturated rings. The van der Waals surface area contributed by atoms with Crippen LogP contribution in [-0.2, 0) is 0 Å². The Morgan fingerprint density at radius 3 is 3.12 bits per heavy atom. The normalized spacial score (nSPS) is 19.2. The summed E-state index contributed by atoms with van der Waals surface area (Å²) in [7, 11) is 0. The molecule has 5 heteroatoms. The summed E-state index contributed by atoms with van der Waals surface area (Å²) < 4.78 is 0.945. The van der Waals surface area contributed by atoms with Crippen LogP contribution in [0.5, 0.6) is 5.75 Å². The summed E-state index contributed by atoms with van der Waals surface area (Å²) >= 11 is 4.03. The molecule has 1 atom stereocenters. The van der Waals surface area contributed by atoms with Crippen LogP contribution in [-0.4, -0.2) is 28.6 Å². The third-order valence-electron chi connectivity index (χ3n) is 2.72. The van der Waals surface area contributed by atoms with Gasteiger partial charge in [0.15, 0.2) is 0 Å². The molecule has 2 N–H and O–H groups in total. The summed E-state index contributed by atoms with van der Waals surface area (Å²) in [6.07, 6.45) is 2.41. The average Bonchev–Trinajstić information content (AvgIpc) is 2.82. The topological polar surface area (TPSA) is 49.3 Å². The molecule has 1 aliphatic heterocycles. The number of benzene rings is 1. The van der Waals surface area contributed by atoms with E-state index in [-0.39, 0.29) is 11.7 Å². The van der Waals surface area contributed by atoms with E-state index < -0.39 is 0 Å². The van der Waals surface area contributed by atoms with Crippen molar-refractivity contribution in [1.82, 2.24) is 5.32 Å². The van der Waals surface area contributed by atoms with Crippen molar-refractivity contribution in [2.45, 2.75) is 18.1 Å². The largest absolute Gasteiger partial charge is 0.507 e. The molecule has 0 saturated carbocycles. The van der Waals surface area contributed by atoms with E-state index in [1.807, 2.05) is 11.8 Å². The molecule has 17 heavy (non-hydrogen) atoms. The second kappa shape index (κ2) is 5.95. The monoisotopic (exact) mass is 363 g/mol. The van der Waals surface area contributed by atoms with E-state index in [9.17, 15) is 9.90 Å². The van der Waals surface area contributed by atoms with E-state index in [1.165, 1.54) is 18.6 Å². The lowest BCUT2D eigenvalue weighted by Crippen LogP contribution is -2.29. The lowest BCUT2D eigenvalue weighted by molar-refractivity contribution is 0.0951. The molecule has 1 unspecified atom stereocenters.